The molecular weight excluding hydrogens is 483 g/mol. The zero-order chi connectivity index (χ0) is 23.4. The van der Waals surface area contributed by atoms with Gasteiger partial charge in [-0.3, -0.25) is 0 Å². The number of nitrogens with zero attached hydrogens (tertiary/aromatic N) is 4. The van der Waals surface area contributed by atoms with Crippen molar-refractivity contribution in [3.8, 4) is 16.9 Å². The third-order valence-electron chi connectivity index (χ3n) is 4.53. The number of guanidine groups is 1. The predicted molar refractivity (Wildman–Crippen MR) is 129 cm³/mol. The maximum atomic E-state index is 12.4. The van der Waals surface area contributed by atoms with Crippen LogP contribution in [0.2, 0.25) is 10.0 Å². The summed E-state index contributed by atoms with van der Waals surface area (Å²) in [6.07, 6.45) is 1.38. The first-order chi connectivity index (χ1) is 15.8. The Morgan fingerprint density at radius 1 is 1.00 bits per heavy atom. The lowest BCUT2D eigenvalue weighted by molar-refractivity contribution is 0.588. The van der Waals surface area contributed by atoms with E-state index in [9.17, 15) is 8.42 Å². The van der Waals surface area contributed by atoms with Crippen LogP contribution in [0.4, 0.5) is 0 Å². The van der Waals surface area contributed by atoms with Crippen molar-refractivity contribution in [3.05, 3.63) is 94.7 Å². The Morgan fingerprint density at radius 3 is 2.30 bits per heavy atom. The van der Waals surface area contributed by atoms with Gasteiger partial charge >= 0.3 is 0 Å². The molecule has 2 aromatic heterocycles. The number of aliphatic imine (C=N–C) groups is 1. The van der Waals surface area contributed by atoms with Gasteiger partial charge in [0.2, 0.25) is 5.96 Å². The average Bonchev–Trinajstić information content (AvgIpc) is 3.23. The highest BCUT2D eigenvalue weighted by Gasteiger charge is 2.16. The molecule has 11 heteroatoms. The van der Waals surface area contributed by atoms with E-state index in [0.29, 0.717) is 15.7 Å². The largest absolute Gasteiger partial charge is 0.369 e. The number of nitrogens with one attached hydrogen (secondary N) is 1. The lowest BCUT2D eigenvalue weighted by Gasteiger charge is -2.08. The molecule has 168 valence electrons. The molecule has 0 atom stereocenters. The lowest BCUT2D eigenvalue weighted by Crippen LogP contribution is -2.37. The maximum absolute atomic E-state index is 12.4. The standard InChI is InChI=1S/C22H18Cl2N6O2S/c23-16-6-4-15(5-7-16)20-13-18(28-30(20)19-10-8-17(24)9-11-19)14-27-22(25)29-33(31,32)21-3-1-2-12-26-21/h1-13H,14H2,(H3,25,27,29). The van der Waals surface area contributed by atoms with Crippen LogP contribution in [-0.4, -0.2) is 29.1 Å². The van der Waals surface area contributed by atoms with E-state index in [1.54, 1.807) is 41.1 Å². The van der Waals surface area contributed by atoms with E-state index in [1.165, 1.54) is 12.3 Å². The van der Waals surface area contributed by atoms with Crippen molar-refractivity contribution in [1.29, 1.82) is 0 Å². The van der Waals surface area contributed by atoms with Crippen molar-refractivity contribution in [2.45, 2.75) is 11.6 Å². The quantitative estimate of drug-likeness (QED) is 0.306. The van der Waals surface area contributed by atoms with E-state index < -0.39 is 10.0 Å². The van der Waals surface area contributed by atoms with Crippen LogP contribution in [0.25, 0.3) is 16.9 Å². The van der Waals surface area contributed by atoms with Crippen molar-refractivity contribution >= 4 is 39.2 Å². The first-order valence-electron chi connectivity index (χ1n) is 9.66. The number of hydrogen-bond donors (Lipinski definition) is 2. The summed E-state index contributed by atoms with van der Waals surface area (Å²) in [5.74, 6) is -0.269. The van der Waals surface area contributed by atoms with Gasteiger partial charge in [-0.2, -0.15) is 13.5 Å². The van der Waals surface area contributed by atoms with Gasteiger partial charge in [-0.1, -0.05) is 41.4 Å². The molecule has 0 aliphatic carbocycles. The molecule has 2 aromatic carbocycles. The van der Waals surface area contributed by atoms with Crippen LogP contribution in [0.5, 0.6) is 0 Å². The molecule has 33 heavy (non-hydrogen) atoms. The van der Waals surface area contributed by atoms with E-state index in [0.717, 1.165) is 16.9 Å². The first-order valence-corrected chi connectivity index (χ1v) is 11.9. The highest BCUT2D eigenvalue weighted by molar-refractivity contribution is 7.90. The van der Waals surface area contributed by atoms with Crippen molar-refractivity contribution in [2.24, 2.45) is 10.7 Å². The number of rotatable bonds is 6. The molecule has 0 aliphatic rings. The molecule has 0 radical (unpaired) electrons. The van der Waals surface area contributed by atoms with Crippen LogP contribution >= 0.6 is 23.2 Å². The number of benzene rings is 2. The second-order valence-electron chi connectivity index (χ2n) is 6.89. The molecule has 0 fully saturated rings. The fourth-order valence-electron chi connectivity index (χ4n) is 3.01. The zero-order valence-corrected chi connectivity index (χ0v) is 19.4. The fraction of sp³-hybridized carbons (Fsp3) is 0.0455. The van der Waals surface area contributed by atoms with E-state index in [2.05, 4.69) is 19.8 Å². The summed E-state index contributed by atoms with van der Waals surface area (Å²) >= 11 is 12.1. The van der Waals surface area contributed by atoms with Crippen LogP contribution < -0.4 is 10.5 Å². The highest BCUT2D eigenvalue weighted by atomic mass is 35.5. The monoisotopic (exact) mass is 500 g/mol. The molecule has 0 amide bonds. The molecule has 0 saturated heterocycles. The van der Waals surface area contributed by atoms with Crippen molar-refractivity contribution in [2.75, 3.05) is 0 Å². The van der Waals surface area contributed by atoms with Crippen molar-refractivity contribution < 1.29 is 8.42 Å². The Kier molecular flexibility index (Phi) is 6.64. The number of aromatic nitrogens is 3. The number of nitrogens with two attached hydrogens (primary N) is 1. The lowest BCUT2D eigenvalue weighted by atomic mass is 10.1. The van der Waals surface area contributed by atoms with Crippen LogP contribution in [0.1, 0.15) is 5.69 Å². The smallest absolute Gasteiger partial charge is 0.281 e. The third-order valence-corrected chi connectivity index (χ3v) is 6.31. The molecular formula is C22H18Cl2N6O2S. The van der Waals surface area contributed by atoms with E-state index >= 15 is 0 Å². The van der Waals surface area contributed by atoms with Crippen LogP contribution in [0, 0.1) is 0 Å². The Bertz CT molecular complexity index is 1320. The number of sulfonamides is 1. The minimum absolute atomic E-state index is 0.0533. The Labute approximate surface area is 200 Å². The van der Waals surface area contributed by atoms with E-state index in [4.69, 9.17) is 28.9 Å². The summed E-state index contributed by atoms with van der Waals surface area (Å²) in [5, 5.41) is 5.70. The van der Waals surface area contributed by atoms with Gasteiger partial charge in [-0.05, 0) is 54.6 Å². The van der Waals surface area contributed by atoms with Crippen molar-refractivity contribution in [1.82, 2.24) is 19.5 Å². The van der Waals surface area contributed by atoms with Crippen LogP contribution in [0.15, 0.2) is 89.0 Å². The Balaban J connectivity index is 1.62. The van der Waals surface area contributed by atoms with Gasteiger partial charge < -0.3 is 5.73 Å². The zero-order valence-electron chi connectivity index (χ0n) is 17.1. The second-order valence-corrected chi connectivity index (χ2v) is 9.39. The third kappa shape index (κ3) is 5.51. The van der Waals surface area contributed by atoms with Gasteiger partial charge in [-0.25, -0.2) is 19.4 Å². The molecule has 2 heterocycles. The Hall–Kier alpha value is -3.40. The summed E-state index contributed by atoms with van der Waals surface area (Å²) in [5.41, 5.74) is 8.87. The fourth-order valence-corrected chi connectivity index (χ4v) is 4.16. The summed E-state index contributed by atoms with van der Waals surface area (Å²) < 4.78 is 28.7. The molecule has 4 aromatic rings. The van der Waals surface area contributed by atoms with Gasteiger partial charge in [0.25, 0.3) is 10.0 Å². The van der Waals surface area contributed by atoms with Gasteiger partial charge in [0.1, 0.15) is 0 Å². The first kappa shape index (κ1) is 22.8. The topological polar surface area (TPSA) is 115 Å². The second kappa shape index (κ2) is 9.62. The number of pyridine rings is 1. The minimum Gasteiger partial charge on any atom is -0.369 e. The molecule has 0 saturated carbocycles. The minimum atomic E-state index is -3.93. The van der Waals surface area contributed by atoms with Gasteiger partial charge in [0.15, 0.2) is 5.03 Å². The summed E-state index contributed by atoms with van der Waals surface area (Å²) in [6.45, 7) is 0.0533. The highest BCUT2D eigenvalue weighted by Crippen LogP contribution is 2.26. The normalized spacial score (nSPS) is 12.0. The predicted octanol–water partition coefficient (Wildman–Crippen LogP) is 4.03. The average molecular weight is 501 g/mol. The number of hydrogen-bond acceptors (Lipinski definition) is 5. The van der Waals surface area contributed by atoms with Gasteiger partial charge in [0, 0.05) is 21.8 Å². The molecule has 3 N–H and O–H groups in total. The number of halogens is 2. The van der Waals surface area contributed by atoms with E-state index in [1.807, 2.05) is 30.3 Å². The molecule has 0 unspecified atom stereocenters. The summed E-state index contributed by atoms with van der Waals surface area (Å²) in [4.78, 5) is 7.95. The molecule has 8 nitrogen and oxygen atoms in total. The SMILES string of the molecule is NC(=NCc1cc(-c2ccc(Cl)cc2)n(-c2ccc(Cl)cc2)n1)NS(=O)(=O)c1ccccn1. The Morgan fingerprint density at radius 2 is 1.67 bits per heavy atom. The molecule has 0 bridgehead atoms. The maximum Gasteiger partial charge on any atom is 0.281 e. The van der Waals surface area contributed by atoms with Gasteiger partial charge in [0.05, 0.1) is 23.6 Å². The van der Waals surface area contributed by atoms with Gasteiger partial charge in [-0.15, -0.1) is 0 Å². The summed E-state index contributed by atoms with van der Waals surface area (Å²) in [6, 6.07) is 21.0. The van der Waals surface area contributed by atoms with Crippen LogP contribution in [0.3, 0.4) is 0 Å². The van der Waals surface area contributed by atoms with Crippen molar-refractivity contribution in [3.63, 3.8) is 0 Å². The summed E-state index contributed by atoms with van der Waals surface area (Å²) in [7, 11) is -3.93. The van der Waals surface area contributed by atoms with Crippen LogP contribution in [-0.2, 0) is 16.6 Å². The van der Waals surface area contributed by atoms with E-state index in [-0.39, 0.29) is 17.5 Å². The molecule has 4 rings (SSSR count). The molecule has 0 spiro atoms. The molecule has 0 aliphatic heterocycles.